The van der Waals surface area contributed by atoms with Gasteiger partial charge < -0.3 is 10.1 Å². The van der Waals surface area contributed by atoms with Gasteiger partial charge in [0.15, 0.2) is 5.82 Å². The summed E-state index contributed by atoms with van der Waals surface area (Å²) in [7, 11) is 1.77. The third-order valence-electron chi connectivity index (χ3n) is 3.77. The van der Waals surface area contributed by atoms with Crippen molar-refractivity contribution in [2.24, 2.45) is 0 Å². The topological polar surface area (TPSA) is 47.0 Å². The maximum absolute atomic E-state index is 5.61. The first-order valence-corrected chi connectivity index (χ1v) is 5.95. The van der Waals surface area contributed by atoms with Crippen molar-refractivity contribution in [2.45, 2.75) is 37.8 Å². The van der Waals surface area contributed by atoms with Gasteiger partial charge in [0.2, 0.25) is 0 Å². The molecule has 0 saturated heterocycles. The van der Waals surface area contributed by atoms with Crippen molar-refractivity contribution in [3.8, 4) is 0 Å². The van der Waals surface area contributed by atoms with Crippen LogP contribution in [0.1, 0.15) is 36.3 Å². The molecular formula is C12H17N3O. The Balaban J connectivity index is 1.96. The molecule has 0 aromatic carbocycles. The van der Waals surface area contributed by atoms with E-state index in [1.165, 1.54) is 17.7 Å². The Kier molecular flexibility index (Phi) is 2.41. The lowest BCUT2D eigenvalue weighted by atomic mass is 9.79. The number of ether oxygens (including phenoxy) is 1. The third-order valence-corrected chi connectivity index (χ3v) is 3.77. The fourth-order valence-corrected chi connectivity index (χ4v) is 2.47. The van der Waals surface area contributed by atoms with Gasteiger partial charge in [-0.3, -0.25) is 0 Å². The molecular weight excluding hydrogens is 202 g/mol. The Morgan fingerprint density at radius 2 is 2.31 bits per heavy atom. The van der Waals surface area contributed by atoms with E-state index in [4.69, 9.17) is 9.72 Å². The predicted molar refractivity (Wildman–Crippen MR) is 60.0 cm³/mol. The summed E-state index contributed by atoms with van der Waals surface area (Å²) in [6.45, 7) is 1.92. The maximum Gasteiger partial charge on any atom is 0.160 e. The normalized spacial score (nSPS) is 22.3. The van der Waals surface area contributed by atoms with Gasteiger partial charge in [-0.25, -0.2) is 9.97 Å². The molecule has 2 heterocycles. The number of nitrogens with one attached hydrogen (secondary N) is 1. The van der Waals surface area contributed by atoms with Crippen LogP contribution in [0.25, 0.3) is 0 Å². The van der Waals surface area contributed by atoms with Crippen molar-refractivity contribution in [3.05, 3.63) is 23.3 Å². The molecule has 0 radical (unpaired) electrons. The number of aromatic nitrogens is 2. The van der Waals surface area contributed by atoms with Gasteiger partial charge >= 0.3 is 0 Å². The number of fused-ring (bicyclic) bond motifs is 1. The van der Waals surface area contributed by atoms with E-state index in [0.29, 0.717) is 0 Å². The molecule has 0 atom stereocenters. The maximum atomic E-state index is 5.61. The minimum absolute atomic E-state index is 0.181. The average Bonchev–Trinajstić information content (AvgIpc) is 2.28. The van der Waals surface area contributed by atoms with Crippen LogP contribution in [-0.2, 0) is 23.3 Å². The zero-order valence-electron chi connectivity index (χ0n) is 9.62. The molecule has 2 aliphatic rings. The van der Waals surface area contributed by atoms with E-state index in [1.807, 2.05) is 6.20 Å². The fraction of sp³-hybridized carbons (Fsp3) is 0.667. The Hall–Kier alpha value is -1.00. The van der Waals surface area contributed by atoms with Gasteiger partial charge in [-0.15, -0.1) is 0 Å². The number of methoxy groups -OCH3 is 1. The molecule has 1 aromatic rings. The van der Waals surface area contributed by atoms with E-state index in [0.717, 1.165) is 38.2 Å². The van der Waals surface area contributed by atoms with E-state index in [2.05, 4.69) is 10.3 Å². The van der Waals surface area contributed by atoms with Crippen LogP contribution < -0.4 is 5.32 Å². The summed E-state index contributed by atoms with van der Waals surface area (Å²) in [6.07, 6.45) is 6.30. The minimum Gasteiger partial charge on any atom is -0.370 e. The monoisotopic (exact) mass is 219 g/mol. The Bertz CT molecular complexity index is 396. The largest absolute Gasteiger partial charge is 0.370 e. The molecule has 0 amide bonds. The molecule has 4 nitrogen and oxygen atoms in total. The summed E-state index contributed by atoms with van der Waals surface area (Å²) in [4.78, 5) is 9.18. The lowest BCUT2D eigenvalue weighted by Gasteiger charge is -2.39. The van der Waals surface area contributed by atoms with E-state index >= 15 is 0 Å². The zero-order valence-corrected chi connectivity index (χ0v) is 9.62. The van der Waals surface area contributed by atoms with Gasteiger partial charge in [0.1, 0.15) is 5.60 Å². The summed E-state index contributed by atoms with van der Waals surface area (Å²) in [6, 6.07) is 0. The molecule has 1 aromatic heterocycles. The second-order valence-corrected chi connectivity index (χ2v) is 4.64. The zero-order chi connectivity index (χ0) is 11.0. The first-order chi connectivity index (χ1) is 7.84. The number of hydrogen-bond acceptors (Lipinski definition) is 4. The molecule has 1 saturated carbocycles. The first-order valence-electron chi connectivity index (χ1n) is 5.95. The molecule has 3 rings (SSSR count). The van der Waals surface area contributed by atoms with Crippen LogP contribution in [0.15, 0.2) is 6.20 Å². The summed E-state index contributed by atoms with van der Waals surface area (Å²) < 4.78 is 5.61. The van der Waals surface area contributed by atoms with Crippen LogP contribution in [0, 0.1) is 0 Å². The molecule has 0 spiro atoms. The van der Waals surface area contributed by atoms with Crippen LogP contribution in [0.4, 0.5) is 0 Å². The molecule has 86 valence electrons. The van der Waals surface area contributed by atoms with Crippen LogP contribution in [0.5, 0.6) is 0 Å². The van der Waals surface area contributed by atoms with Crippen LogP contribution in [0.2, 0.25) is 0 Å². The van der Waals surface area contributed by atoms with Crippen molar-refractivity contribution in [2.75, 3.05) is 13.7 Å². The van der Waals surface area contributed by atoms with Crippen molar-refractivity contribution in [3.63, 3.8) is 0 Å². The molecule has 4 heteroatoms. The molecule has 1 N–H and O–H groups in total. The third kappa shape index (κ3) is 1.44. The summed E-state index contributed by atoms with van der Waals surface area (Å²) in [5, 5.41) is 3.33. The lowest BCUT2D eigenvalue weighted by Crippen LogP contribution is -2.39. The molecule has 16 heavy (non-hydrogen) atoms. The van der Waals surface area contributed by atoms with Crippen molar-refractivity contribution < 1.29 is 4.74 Å². The number of hydrogen-bond donors (Lipinski definition) is 1. The van der Waals surface area contributed by atoms with Crippen LogP contribution in [0.3, 0.4) is 0 Å². The van der Waals surface area contributed by atoms with E-state index in [1.54, 1.807) is 7.11 Å². The lowest BCUT2D eigenvalue weighted by molar-refractivity contribution is -0.0848. The second kappa shape index (κ2) is 3.79. The van der Waals surface area contributed by atoms with Gasteiger partial charge in [-0.05, 0) is 19.3 Å². The number of nitrogens with zero attached hydrogens (tertiary/aromatic N) is 2. The van der Waals surface area contributed by atoms with Crippen molar-refractivity contribution in [1.29, 1.82) is 0 Å². The minimum atomic E-state index is -0.181. The molecule has 0 unspecified atom stereocenters. The summed E-state index contributed by atoms with van der Waals surface area (Å²) >= 11 is 0. The quantitative estimate of drug-likeness (QED) is 0.810. The highest BCUT2D eigenvalue weighted by molar-refractivity contribution is 5.22. The SMILES string of the molecule is COC1(c2ncc3c(n2)CCNC3)CCC1. The van der Waals surface area contributed by atoms with Gasteiger partial charge in [0, 0.05) is 44.1 Å². The Labute approximate surface area is 95.4 Å². The van der Waals surface area contributed by atoms with E-state index in [9.17, 15) is 0 Å². The van der Waals surface area contributed by atoms with E-state index < -0.39 is 0 Å². The van der Waals surface area contributed by atoms with Gasteiger partial charge in [0.05, 0.1) is 0 Å². The Morgan fingerprint density at radius 3 is 3.00 bits per heavy atom. The molecule has 1 fully saturated rings. The summed E-state index contributed by atoms with van der Waals surface area (Å²) in [5.74, 6) is 0.891. The first kappa shape index (κ1) is 10.2. The van der Waals surface area contributed by atoms with Crippen LogP contribution in [-0.4, -0.2) is 23.6 Å². The predicted octanol–water partition coefficient (Wildman–Crippen LogP) is 1.15. The standard InChI is InChI=1S/C12H17N3O/c1-16-12(4-2-5-12)11-14-8-9-7-13-6-3-10(9)15-11/h8,13H,2-7H2,1H3. The summed E-state index contributed by atoms with van der Waals surface area (Å²) in [5.41, 5.74) is 2.26. The fourth-order valence-electron chi connectivity index (χ4n) is 2.47. The van der Waals surface area contributed by atoms with Crippen molar-refractivity contribution in [1.82, 2.24) is 15.3 Å². The molecule has 1 aliphatic heterocycles. The highest BCUT2D eigenvalue weighted by Gasteiger charge is 2.41. The molecule has 1 aliphatic carbocycles. The Morgan fingerprint density at radius 1 is 1.44 bits per heavy atom. The molecule has 0 bridgehead atoms. The van der Waals surface area contributed by atoms with E-state index in [-0.39, 0.29) is 5.60 Å². The average molecular weight is 219 g/mol. The highest BCUT2D eigenvalue weighted by Crippen LogP contribution is 2.42. The highest BCUT2D eigenvalue weighted by atomic mass is 16.5. The smallest absolute Gasteiger partial charge is 0.160 e. The van der Waals surface area contributed by atoms with Gasteiger partial charge in [0.25, 0.3) is 0 Å². The van der Waals surface area contributed by atoms with Crippen molar-refractivity contribution >= 4 is 0 Å². The van der Waals surface area contributed by atoms with Gasteiger partial charge in [-0.1, -0.05) is 0 Å². The van der Waals surface area contributed by atoms with Gasteiger partial charge in [-0.2, -0.15) is 0 Å². The van der Waals surface area contributed by atoms with Crippen LogP contribution >= 0.6 is 0 Å². The second-order valence-electron chi connectivity index (χ2n) is 4.64. The number of rotatable bonds is 2.